The molecule has 2 aromatic rings. The molecule has 0 aliphatic heterocycles. The van der Waals surface area contributed by atoms with E-state index in [9.17, 15) is 0 Å². The number of nitrogens with zero attached hydrogens (tertiary/aromatic N) is 2. The SMILES string of the molecule is NC(=S)N/N=C(/C=C/c1ccc(Br)cc1)c1ccccn1. The van der Waals surface area contributed by atoms with Gasteiger partial charge >= 0.3 is 0 Å². The number of thiocarbonyl (C=S) groups is 1. The van der Waals surface area contributed by atoms with Gasteiger partial charge in [-0.2, -0.15) is 5.10 Å². The molecule has 4 nitrogen and oxygen atoms in total. The lowest BCUT2D eigenvalue weighted by Gasteiger charge is -2.02. The zero-order valence-electron chi connectivity index (χ0n) is 11.0. The number of nitrogens with two attached hydrogens (primary N) is 1. The van der Waals surface area contributed by atoms with Gasteiger partial charge in [0.15, 0.2) is 5.11 Å². The fourth-order valence-electron chi connectivity index (χ4n) is 1.56. The largest absolute Gasteiger partial charge is 0.375 e. The first-order valence-electron chi connectivity index (χ1n) is 6.13. The van der Waals surface area contributed by atoms with E-state index in [1.165, 1.54) is 0 Å². The lowest BCUT2D eigenvalue weighted by atomic mass is 10.1. The van der Waals surface area contributed by atoms with Crippen molar-refractivity contribution in [3.63, 3.8) is 0 Å². The summed E-state index contributed by atoms with van der Waals surface area (Å²) in [5.41, 5.74) is 10.4. The smallest absolute Gasteiger partial charge is 0.184 e. The van der Waals surface area contributed by atoms with Crippen LogP contribution in [0.25, 0.3) is 6.08 Å². The Labute approximate surface area is 136 Å². The molecule has 1 heterocycles. The maximum absolute atomic E-state index is 5.41. The fourth-order valence-corrected chi connectivity index (χ4v) is 1.87. The molecule has 21 heavy (non-hydrogen) atoms. The van der Waals surface area contributed by atoms with Gasteiger partial charge in [-0.05, 0) is 48.1 Å². The third kappa shape index (κ3) is 5.09. The zero-order chi connectivity index (χ0) is 15.1. The highest BCUT2D eigenvalue weighted by Gasteiger charge is 2.01. The monoisotopic (exact) mass is 360 g/mol. The van der Waals surface area contributed by atoms with E-state index < -0.39 is 0 Å². The van der Waals surface area contributed by atoms with E-state index in [-0.39, 0.29) is 5.11 Å². The molecule has 0 spiro atoms. The van der Waals surface area contributed by atoms with E-state index in [1.807, 2.05) is 54.6 Å². The molecule has 1 aromatic carbocycles. The summed E-state index contributed by atoms with van der Waals surface area (Å²) < 4.78 is 1.04. The molecule has 1 aromatic heterocycles. The van der Waals surface area contributed by atoms with Crippen molar-refractivity contribution < 1.29 is 0 Å². The van der Waals surface area contributed by atoms with Crippen molar-refractivity contribution in [2.75, 3.05) is 0 Å². The van der Waals surface area contributed by atoms with E-state index in [0.717, 1.165) is 15.7 Å². The quantitative estimate of drug-likeness (QED) is 0.499. The lowest BCUT2D eigenvalue weighted by molar-refractivity contribution is 1.03. The molecule has 0 atom stereocenters. The molecule has 0 saturated heterocycles. The number of allylic oxidation sites excluding steroid dienone is 1. The Hall–Kier alpha value is -2.05. The van der Waals surface area contributed by atoms with Crippen molar-refractivity contribution in [3.8, 4) is 0 Å². The molecule has 0 saturated carbocycles. The van der Waals surface area contributed by atoms with Crippen LogP contribution in [-0.4, -0.2) is 15.8 Å². The number of halogens is 1. The van der Waals surface area contributed by atoms with Crippen LogP contribution in [0.15, 0.2) is 64.3 Å². The van der Waals surface area contributed by atoms with Crippen molar-refractivity contribution in [2.45, 2.75) is 0 Å². The summed E-state index contributed by atoms with van der Waals surface area (Å²) in [5.74, 6) is 0. The summed E-state index contributed by atoms with van der Waals surface area (Å²) >= 11 is 8.17. The number of aromatic nitrogens is 1. The van der Waals surface area contributed by atoms with Crippen LogP contribution in [0.4, 0.5) is 0 Å². The normalized spacial score (nSPS) is 11.6. The van der Waals surface area contributed by atoms with Gasteiger partial charge in [-0.25, -0.2) is 0 Å². The van der Waals surface area contributed by atoms with Crippen molar-refractivity contribution >= 4 is 45.0 Å². The maximum atomic E-state index is 5.41. The molecular formula is C15H13BrN4S. The highest BCUT2D eigenvalue weighted by Crippen LogP contribution is 2.12. The van der Waals surface area contributed by atoms with Crippen molar-refractivity contribution in [1.29, 1.82) is 0 Å². The summed E-state index contributed by atoms with van der Waals surface area (Å²) in [7, 11) is 0. The van der Waals surface area contributed by atoms with Gasteiger partial charge in [0.05, 0.1) is 5.69 Å². The van der Waals surface area contributed by atoms with E-state index in [2.05, 4.69) is 31.4 Å². The molecule has 0 aliphatic rings. The summed E-state index contributed by atoms with van der Waals surface area (Å²) in [6.07, 6.45) is 5.51. The Morgan fingerprint density at radius 1 is 1.24 bits per heavy atom. The van der Waals surface area contributed by atoms with Gasteiger partial charge in [-0.1, -0.05) is 40.2 Å². The van der Waals surface area contributed by atoms with Crippen LogP contribution in [0, 0.1) is 0 Å². The molecule has 3 N–H and O–H groups in total. The minimum atomic E-state index is 0.112. The summed E-state index contributed by atoms with van der Waals surface area (Å²) in [4.78, 5) is 4.27. The Morgan fingerprint density at radius 2 is 2.00 bits per heavy atom. The molecule has 0 radical (unpaired) electrons. The topological polar surface area (TPSA) is 63.3 Å². The fraction of sp³-hybridized carbons (Fsp3) is 0. The van der Waals surface area contributed by atoms with Crippen LogP contribution in [0.5, 0.6) is 0 Å². The number of benzene rings is 1. The minimum absolute atomic E-state index is 0.112. The van der Waals surface area contributed by atoms with Crippen molar-refractivity contribution in [3.05, 3.63) is 70.5 Å². The van der Waals surface area contributed by atoms with Gasteiger partial charge in [0, 0.05) is 10.7 Å². The first kappa shape index (κ1) is 15.3. The average molecular weight is 361 g/mol. The van der Waals surface area contributed by atoms with Crippen LogP contribution >= 0.6 is 28.1 Å². The van der Waals surface area contributed by atoms with Gasteiger partial charge in [-0.15, -0.1) is 0 Å². The summed E-state index contributed by atoms with van der Waals surface area (Å²) in [5, 5.41) is 4.28. The number of rotatable bonds is 4. The summed E-state index contributed by atoms with van der Waals surface area (Å²) in [6, 6.07) is 13.6. The molecule has 0 unspecified atom stereocenters. The number of hydrogen-bond acceptors (Lipinski definition) is 3. The second kappa shape index (κ2) is 7.66. The second-order valence-corrected chi connectivity index (χ2v) is 5.43. The van der Waals surface area contributed by atoms with E-state index in [4.69, 9.17) is 18.0 Å². The number of hydrogen-bond donors (Lipinski definition) is 2. The lowest BCUT2D eigenvalue weighted by Crippen LogP contribution is -2.25. The summed E-state index contributed by atoms with van der Waals surface area (Å²) in [6.45, 7) is 0. The van der Waals surface area contributed by atoms with Gasteiger partial charge in [0.2, 0.25) is 0 Å². The first-order valence-corrected chi connectivity index (χ1v) is 7.33. The van der Waals surface area contributed by atoms with Crippen molar-refractivity contribution in [2.24, 2.45) is 10.8 Å². The molecule has 0 bridgehead atoms. The van der Waals surface area contributed by atoms with Gasteiger partial charge < -0.3 is 5.73 Å². The molecular weight excluding hydrogens is 348 g/mol. The standard InChI is InChI=1S/C15H13BrN4S/c16-12-7-4-11(5-8-12)6-9-14(19-20-15(17)21)13-3-1-2-10-18-13/h1-10H,(H3,17,20,21)/b9-6+,19-14-. The first-order chi connectivity index (χ1) is 10.1. The number of hydrazone groups is 1. The Bertz CT molecular complexity index is 666. The number of pyridine rings is 1. The third-order valence-electron chi connectivity index (χ3n) is 2.52. The van der Waals surface area contributed by atoms with Crippen LogP contribution < -0.4 is 11.2 Å². The maximum Gasteiger partial charge on any atom is 0.184 e. The minimum Gasteiger partial charge on any atom is -0.375 e. The van der Waals surface area contributed by atoms with Gasteiger partial charge in [0.25, 0.3) is 0 Å². The van der Waals surface area contributed by atoms with Crippen molar-refractivity contribution in [1.82, 2.24) is 10.4 Å². The van der Waals surface area contributed by atoms with E-state index in [1.54, 1.807) is 6.20 Å². The third-order valence-corrected chi connectivity index (χ3v) is 3.14. The highest BCUT2D eigenvalue weighted by molar-refractivity contribution is 9.10. The highest BCUT2D eigenvalue weighted by atomic mass is 79.9. The molecule has 106 valence electrons. The van der Waals surface area contributed by atoms with Crippen LogP contribution in [0.3, 0.4) is 0 Å². The Morgan fingerprint density at radius 3 is 2.62 bits per heavy atom. The van der Waals surface area contributed by atoms with E-state index >= 15 is 0 Å². The number of nitrogens with one attached hydrogen (secondary N) is 1. The zero-order valence-corrected chi connectivity index (χ0v) is 13.4. The molecule has 2 rings (SSSR count). The second-order valence-electron chi connectivity index (χ2n) is 4.07. The van der Waals surface area contributed by atoms with Crippen LogP contribution in [-0.2, 0) is 0 Å². The molecule has 0 aliphatic carbocycles. The Balaban J connectivity index is 2.26. The van der Waals surface area contributed by atoms with E-state index in [0.29, 0.717) is 5.71 Å². The van der Waals surface area contributed by atoms with Gasteiger partial charge in [-0.3, -0.25) is 10.4 Å². The Kier molecular flexibility index (Phi) is 5.59. The molecule has 0 fully saturated rings. The predicted molar refractivity (Wildman–Crippen MR) is 93.9 cm³/mol. The molecule has 6 heteroatoms. The molecule has 0 amide bonds. The average Bonchev–Trinajstić information content (AvgIpc) is 2.50. The van der Waals surface area contributed by atoms with Crippen LogP contribution in [0.1, 0.15) is 11.3 Å². The van der Waals surface area contributed by atoms with Gasteiger partial charge in [0.1, 0.15) is 5.71 Å². The van der Waals surface area contributed by atoms with Crippen LogP contribution in [0.2, 0.25) is 0 Å². The predicted octanol–water partition coefficient (Wildman–Crippen LogP) is 3.09.